The first-order valence-electron chi connectivity index (χ1n) is 13.8. The average molecular weight is 623 g/mol. The molecule has 2 amide bonds. The molecule has 0 spiro atoms. The van der Waals surface area contributed by atoms with Gasteiger partial charge in [0.2, 0.25) is 0 Å². The Labute approximate surface area is 259 Å². The second-order valence-corrected chi connectivity index (χ2v) is 11.0. The number of hydrogen-bond donors (Lipinski definition) is 2. The average Bonchev–Trinajstić information content (AvgIpc) is 3.01. The minimum absolute atomic E-state index is 0.0246. The number of non-ortho nitro benzene ring substituents is 1. The molecule has 2 aliphatic heterocycles. The lowest BCUT2D eigenvalue weighted by Crippen LogP contribution is -2.49. The van der Waals surface area contributed by atoms with Crippen LogP contribution in [0.15, 0.2) is 60.7 Å². The predicted octanol–water partition coefficient (Wildman–Crippen LogP) is 4.48. The normalized spacial score (nSPS) is 15.2. The van der Waals surface area contributed by atoms with Crippen molar-refractivity contribution in [1.82, 2.24) is 10.2 Å². The Morgan fingerprint density at radius 2 is 1.58 bits per heavy atom. The molecule has 0 aliphatic carbocycles. The van der Waals surface area contributed by atoms with Gasteiger partial charge in [-0.3, -0.25) is 25.0 Å². The number of carbonyl (C=O) groups is 2. The fourth-order valence-electron chi connectivity index (χ4n) is 5.21. The molecule has 224 valence electrons. The molecule has 0 radical (unpaired) electrons. The van der Waals surface area contributed by atoms with Crippen LogP contribution in [0.25, 0.3) is 0 Å². The molecule has 3 aromatic rings. The lowest BCUT2D eigenvalue weighted by Gasteiger charge is -2.36. The highest BCUT2D eigenvalue weighted by Gasteiger charge is 2.25. The summed E-state index contributed by atoms with van der Waals surface area (Å²) in [5, 5.41) is 17.5. The number of piperazine rings is 1. The quantitative estimate of drug-likeness (QED) is 0.233. The number of thiocarbonyl (C=S) groups is 1. The van der Waals surface area contributed by atoms with E-state index in [1.165, 1.54) is 12.1 Å². The number of rotatable bonds is 6. The summed E-state index contributed by atoms with van der Waals surface area (Å²) >= 11 is 12.0. The van der Waals surface area contributed by atoms with E-state index in [0.29, 0.717) is 68.9 Å². The maximum atomic E-state index is 13.2. The van der Waals surface area contributed by atoms with Crippen molar-refractivity contribution in [3.8, 4) is 0 Å². The molecule has 5 rings (SSSR count). The van der Waals surface area contributed by atoms with Gasteiger partial charge in [0.25, 0.3) is 17.5 Å². The molecule has 3 aromatic carbocycles. The Balaban J connectivity index is 1.21. The molecule has 2 aliphatic rings. The largest absolute Gasteiger partial charge is 0.378 e. The molecule has 2 N–H and O–H groups in total. The fourth-order valence-corrected chi connectivity index (χ4v) is 5.72. The van der Waals surface area contributed by atoms with Crippen molar-refractivity contribution in [3.63, 3.8) is 0 Å². The van der Waals surface area contributed by atoms with Crippen molar-refractivity contribution >= 4 is 63.5 Å². The van der Waals surface area contributed by atoms with Crippen molar-refractivity contribution in [3.05, 3.63) is 92.5 Å². The second kappa shape index (κ2) is 13.4. The maximum absolute atomic E-state index is 13.2. The van der Waals surface area contributed by atoms with Gasteiger partial charge < -0.3 is 24.8 Å². The van der Waals surface area contributed by atoms with Crippen molar-refractivity contribution in [1.29, 1.82) is 0 Å². The van der Waals surface area contributed by atoms with Gasteiger partial charge in [0.15, 0.2) is 5.11 Å². The highest BCUT2D eigenvalue weighted by Crippen LogP contribution is 2.30. The number of benzene rings is 3. The molecule has 0 unspecified atom stereocenters. The molecular formula is C30H31ClN6O5S. The van der Waals surface area contributed by atoms with Crippen LogP contribution in [-0.2, 0) is 4.74 Å². The summed E-state index contributed by atoms with van der Waals surface area (Å²) < 4.78 is 5.40. The Morgan fingerprint density at radius 1 is 0.907 bits per heavy atom. The van der Waals surface area contributed by atoms with E-state index in [-0.39, 0.29) is 22.3 Å². The van der Waals surface area contributed by atoms with Gasteiger partial charge in [0.1, 0.15) is 0 Å². The monoisotopic (exact) mass is 622 g/mol. The second-order valence-electron chi connectivity index (χ2n) is 10.2. The molecule has 0 aromatic heterocycles. The molecule has 2 saturated heterocycles. The van der Waals surface area contributed by atoms with E-state index in [2.05, 4.69) is 15.5 Å². The summed E-state index contributed by atoms with van der Waals surface area (Å²) in [6.07, 6.45) is 0. The number of nitrogens with zero attached hydrogens (tertiary/aromatic N) is 4. The number of morpholine rings is 1. The van der Waals surface area contributed by atoms with Crippen LogP contribution in [0.1, 0.15) is 26.3 Å². The smallest absolute Gasteiger partial charge is 0.270 e. The van der Waals surface area contributed by atoms with Crippen LogP contribution in [0, 0.1) is 17.0 Å². The number of anilines is 3. The summed E-state index contributed by atoms with van der Waals surface area (Å²) in [6, 6.07) is 17.2. The molecule has 11 nitrogen and oxygen atoms in total. The van der Waals surface area contributed by atoms with E-state index in [1.54, 1.807) is 18.2 Å². The standard InChI is InChI=1S/C30H31ClN6O5S/c1-20-4-2-3-5-23(20)29(39)36-12-10-34(11-13-36)27-8-6-21(18-25(27)31)32-30(43)33-28(38)24-19-22(37(40)41)7-9-26(24)35-14-16-42-17-15-35/h2-9,18-19H,10-17H2,1H3,(H2,32,33,38,43). The number of nitro benzene ring substituents is 1. The minimum atomic E-state index is -0.566. The number of carbonyl (C=O) groups excluding carboxylic acids is 2. The topological polar surface area (TPSA) is 120 Å². The number of aryl methyl sites for hydroxylation is 1. The van der Waals surface area contributed by atoms with Gasteiger partial charge in [-0.15, -0.1) is 0 Å². The summed E-state index contributed by atoms with van der Waals surface area (Å²) in [7, 11) is 0. The van der Waals surface area contributed by atoms with Crippen LogP contribution >= 0.6 is 23.8 Å². The molecule has 43 heavy (non-hydrogen) atoms. The molecule has 13 heteroatoms. The third-order valence-corrected chi connectivity index (χ3v) is 8.01. The third-order valence-electron chi connectivity index (χ3n) is 7.50. The first kappa shape index (κ1) is 30.2. The minimum Gasteiger partial charge on any atom is -0.378 e. The van der Waals surface area contributed by atoms with Crippen LogP contribution in [0.3, 0.4) is 0 Å². The van der Waals surface area contributed by atoms with E-state index < -0.39 is 10.8 Å². The molecule has 0 saturated carbocycles. The number of halogens is 1. The lowest BCUT2D eigenvalue weighted by atomic mass is 10.1. The summed E-state index contributed by atoms with van der Waals surface area (Å²) in [4.78, 5) is 43.0. The third kappa shape index (κ3) is 7.04. The number of nitrogens with one attached hydrogen (secondary N) is 2. The van der Waals surface area contributed by atoms with Crippen molar-refractivity contribution in [2.75, 3.05) is 67.6 Å². The van der Waals surface area contributed by atoms with Gasteiger partial charge in [0.05, 0.1) is 40.1 Å². The molecule has 0 bridgehead atoms. The van der Waals surface area contributed by atoms with Crippen molar-refractivity contribution in [2.24, 2.45) is 0 Å². The van der Waals surface area contributed by atoms with Crippen LogP contribution in [-0.4, -0.2) is 79.2 Å². The number of nitro groups is 1. The molecule has 2 heterocycles. The van der Waals surface area contributed by atoms with Crippen LogP contribution in [0.2, 0.25) is 5.02 Å². The van der Waals surface area contributed by atoms with E-state index in [9.17, 15) is 19.7 Å². The van der Waals surface area contributed by atoms with E-state index in [4.69, 9.17) is 28.6 Å². The van der Waals surface area contributed by atoms with Gasteiger partial charge in [-0.2, -0.15) is 0 Å². The number of amides is 2. The fraction of sp³-hybridized carbons (Fsp3) is 0.300. The zero-order valence-electron chi connectivity index (χ0n) is 23.5. The van der Waals surface area contributed by atoms with Gasteiger partial charge in [0, 0.05) is 62.7 Å². The number of hydrogen-bond acceptors (Lipinski definition) is 8. The first-order valence-corrected chi connectivity index (χ1v) is 14.6. The highest BCUT2D eigenvalue weighted by atomic mass is 35.5. The summed E-state index contributed by atoms with van der Waals surface area (Å²) in [5.74, 6) is -0.537. The van der Waals surface area contributed by atoms with Gasteiger partial charge in [-0.1, -0.05) is 29.8 Å². The lowest BCUT2D eigenvalue weighted by molar-refractivity contribution is -0.384. The molecule has 2 fully saturated rings. The Hall–Kier alpha value is -4.26. The first-order chi connectivity index (χ1) is 20.7. The Bertz CT molecular complexity index is 1560. The van der Waals surface area contributed by atoms with Crippen molar-refractivity contribution in [2.45, 2.75) is 6.92 Å². The van der Waals surface area contributed by atoms with Crippen LogP contribution < -0.4 is 20.4 Å². The van der Waals surface area contributed by atoms with E-state index in [1.807, 2.05) is 47.1 Å². The number of ether oxygens (including phenoxy) is 1. The van der Waals surface area contributed by atoms with E-state index >= 15 is 0 Å². The Kier molecular flexibility index (Phi) is 9.39. The maximum Gasteiger partial charge on any atom is 0.270 e. The Morgan fingerprint density at radius 3 is 2.26 bits per heavy atom. The van der Waals surface area contributed by atoms with Gasteiger partial charge in [-0.25, -0.2) is 0 Å². The summed E-state index contributed by atoms with van der Waals surface area (Å²) in [6.45, 7) is 6.46. The van der Waals surface area contributed by atoms with E-state index in [0.717, 1.165) is 16.8 Å². The SMILES string of the molecule is Cc1ccccc1C(=O)N1CCN(c2ccc(NC(=S)NC(=O)c3cc([N+](=O)[O-])ccc3N3CCOCC3)cc2Cl)CC1. The van der Waals surface area contributed by atoms with Crippen molar-refractivity contribution < 1.29 is 19.2 Å². The van der Waals surface area contributed by atoms with Gasteiger partial charge in [-0.05, 0) is 55.0 Å². The van der Waals surface area contributed by atoms with Gasteiger partial charge >= 0.3 is 0 Å². The zero-order valence-corrected chi connectivity index (χ0v) is 25.1. The molecule has 0 atom stereocenters. The predicted molar refractivity (Wildman–Crippen MR) is 171 cm³/mol. The van der Waals surface area contributed by atoms with Crippen LogP contribution in [0.4, 0.5) is 22.7 Å². The molecular weight excluding hydrogens is 592 g/mol. The zero-order chi connectivity index (χ0) is 30.5. The summed E-state index contributed by atoms with van der Waals surface area (Å²) in [5.41, 5.74) is 3.60. The highest BCUT2D eigenvalue weighted by molar-refractivity contribution is 7.80. The van der Waals surface area contributed by atoms with Crippen LogP contribution in [0.5, 0.6) is 0 Å².